The van der Waals surface area contributed by atoms with E-state index in [0.29, 0.717) is 0 Å². The number of hydrogen-bond acceptors (Lipinski definition) is 5. The lowest BCUT2D eigenvalue weighted by Crippen LogP contribution is -2.17. The lowest BCUT2D eigenvalue weighted by atomic mass is 10.0. The van der Waals surface area contributed by atoms with Crippen molar-refractivity contribution in [3.8, 4) is 0 Å². The molecule has 1 atom stereocenters. The predicted octanol–water partition coefficient (Wildman–Crippen LogP) is 2.90. The molecule has 0 aromatic carbocycles. The molecule has 0 bridgehead atoms. The summed E-state index contributed by atoms with van der Waals surface area (Å²) in [6, 6.07) is 4.39. The fourth-order valence-corrected chi connectivity index (χ4v) is 3.07. The third-order valence-electron chi connectivity index (χ3n) is 4.37. The van der Waals surface area contributed by atoms with Crippen LogP contribution in [0.25, 0.3) is 0 Å². The largest absolute Gasteiger partial charge is 0.363 e. The lowest BCUT2D eigenvalue weighted by Gasteiger charge is -2.21. The van der Waals surface area contributed by atoms with E-state index in [0.717, 1.165) is 38.2 Å². The Kier molecular flexibility index (Phi) is 5.53. The molecular formula is C18H25N5. The van der Waals surface area contributed by atoms with Crippen LogP contribution in [0.1, 0.15) is 49.0 Å². The van der Waals surface area contributed by atoms with Crippen molar-refractivity contribution in [1.82, 2.24) is 20.3 Å². The van der Waals surface area contributed by atoms with Gasteiger partial charge in [0.15, 0.2) is 0 Å². The van der Waals surface area contributed by atoms with E-state index in [2.05, 4.69) is 38.6 Å². The van der Waals surface area contributed by atoms with Crippen LogP contribution in [0.15, 0.2) is 30.9 Å². The Hall–Kier alpha value is -2.01. The van der Waals surface area contributed by atoms with E-state index in [1.807, 2.05) is 18.5 Å². The van der Waals surface area contributed by atoms with E-state index in [9.17, 15) is 0 Å². The number of pyridine rings is 1. The average molecular weight is 311 g/mol. The summed E-state index contributed by atoms with van der Waals surface area (Å²) in [7, 11) is 0. The second-order valence-corrected chi connectivity index (χ2v) is 6.02. The topological polar surface area (TPSA) is 62.7 Å². The molecule has 0 spiro atoms. The van der Waals surface area contributed by atoms with Gasteiger partial charge in [-0.25, -0.2) is 9.97 Å². The van der Waals surface area contributed by atoms with Crippen molar-refractivity contribution in [2.75, 3.05) is 18.4 Å². The Morgan fingerprint density at radius 3 is 3.00 bits per heavy atom. The maximum Gasteiger partial charge on any atom is 0.133 e. The van der Waals surface area contributed by atoms with Gasteiger partial charge in [0.05, 0.1) is 11.7 Å². The molecule has 1 aliphatic heterocycles. The van der Waals surface area contributed by atoms with Gasteiger partial charge in [0.1, 0.15) is 12.1 Å². The molecule has 0 aliphatic carbocycles. The molecule has 23 heavy (non-hydrogen) atoms. The smallest absolute Gasteiger partial charge is 0.133 e. The van der Waals surface area contributed by atoms with Crippen LogP contribution >= 0.6 is 0 Å². The molecule has 2 aromatic rings. The third-order valence-corrected chi connectivity index (χ3v) is 4.37. The fraction of sp³-hybridized carbons (Fsp3) is 0.500. The number of hydrogen-bond donors (Lipinski definition) is 2. The minimum Gasteiger partial charge on any atom is -0.363 e. The SMILES string of the molecule is CCCC[C@@H](Nc1ncnc2c1CCNCC2)c1cccnc1. The van der Waals surface area contributed by atoms with E-state index in [4.69, 9.17) is 0 Å². The highest BCUT2D eigenvalue weighted by molar-refractivity contribution is 5.48. The van der Waals surface area contributed by atoms with E-state index < -0.39 is 0 Å². The van der Waals surface area contributed by atoms with E-state index >= 15 is 0 Å². The Balaban J connectivity index is 1.85. The molecule has 3 rings (SSSR count). The summed E-state index contributed by atoms with van der Waals surface area (Å²) in [5.41, 5.74) is 3.66. The van der Waals surface area contributed by atoms with Gasteiger partial charge in [-0.3, -0.25) is 4.98 Å². The van der Waals surface area contributed by atoms with Crippen molar-refractivity contribution in [2.24, 2.45) is 0 Å². The van der Waals surface area contributed by atoms with Gasteiger partial charge >= 0.3 is 0 Å². The van der Waals surface area contributed by atoms with Crippen LogP contribution in [0.2, 0.25) is 0 Å². The van der Waals surface area contributed by atoms with Crippen molar-refractivity contribution >= 4 is 5.82 Å². The molecule has 0 saturated carbocycles. The molecule has 0 saturated heterocycles. The van der Waals surface area contributed by atoms with Gasteiger partial charge in [0, 0.05) is 30.9 Å². The molecule has 2 aromatic heterocycles. The second kappa shape index (κ2) is 8.02. The summed E-state index contributed by atoms with van der Waals surface area (Å²) in [4.78, 5) is 13.3. The minimum atomic E-state index is 0.249. The number of rotatable bonds is 6. The van der Waals surface area contributed by atoms with Crippen molar-refractivity contribution in [1.29, 1.82) is 0 Å². The Morgan fingerprint density at radius 2 is 2.17 bits per heavy atom. The Morgan fingerprint density at radius 1 is 1.26 bits per heavy atom. The van der Waals surface area contributed by atoms with Crippen LogP contribution in [0, 0.1) is 0 Å². The average Bonchev–Trinajstić information content (AvgIpc) is 2.85. The molecule has 5 heteroatoms. The van der Waals surface area contributed by atoms with Crippen LogP contribution in [0.4, 0.5) is 5.82 Å². The molecule has 1 aliphatic rings. The molecule has 122 valence electrons. The summed E-state index contributed by atoms with van der Waals surface area (Å²) >= 11 is 0. The van der Waals surface area contributed by atoms with Gasteiger partial charge in [-0.1, -0.05) is 25.8 Å². The molecule has 0 radical (unpaired) electrons. The zero-order valence-corrected chi connectivity index (χ0v) is 13.8. The van der Waals surface area contributed by atoms with Crippen molar-refractivity contribution < 1.29 is 0 Å². The number of nitrogens with zero attached hydrogens (tertiary/aromatic N) is 3. The van der Waals surface area contributed by atoms with Gasteiger partial charge in [-0.15, -0.1) is 0 Å². The number of unbranched alkanes of at least 4 members (excludes halogenated alkanes) is 1. The number of aromatic nitrogens is 3. The second-order valence-electron chi connectivity index (χ2n) is 6.02. The van der Waals surface area contributed by atoms with Crippen LogP contribution in [0.3, 0.4) is 0 Å². The highest BCUT2D eigenvalue weighted by atomic mass is 15.0. The van der Waals surface area contributed by atoms with Crippen molar-refractivity contribution in [2.45, 2.75) is 45.1 Å². The Bertz CT molecular complexity index is 614. The van der Waals surface area contributed by atoms with Crippen LogP contribution in [0.5, 0.6) is 0 Å². The van der Waals surface area contributed by atoms with Crippen LogP contribution < -0.4 is 10.6 Å². The van der Waals surface area contributed by atoms with Gasteiger partial charge < -0.3 is 10.6 Å². The van der Waals surface area contributed by atoms with Crippen LogP contribution in [-0.4, -0.2) is 28.0 Å². The number of nitrogens with one attached hydrogen (secondary N) is 2. The molecule has 5 nitrogen and oxygen atoms in total. The normalized spacial score (nSPS) is 15.5. The molecule has 3 heterocycles. The standard InChI is InChI=1S/C18H25N5/c1-2-3-6-16(14-5-4-9-20-12-14)23-18-15-7-10-19-11-8-17(15)21-13-22-18/h4-5,9,12-13,16,19H,2-3,6-8,10-11H2,1H3,(H,21,22,23)/t16-/m1/s1. The first kappa shape index (κ1) is 15.9. The van der Waals surface area contributed by atoms with Gasteiger partial charge in [0.25, 0.3) is 0 Å². The number of anilines is 1. The summed E-state index contributed by atoms with van der Waals surface area (Å²) in [6.45, 7) is 4.20. The zero-order valence-electron chi connectivity index (χ0n) is 13.8. The third kappa shape index (κ3) is 4.05. The summed E-state index contributed by atoms with van der Waals surface area (Å²) < 4.78 is 0. The first-order valence-electron chi connectivity index (χ1n) is 8.58. The molecule has 0 amide bonds. The lowest BCUT2D eigenvalue weighted by molar-refractivity contribution is 0.629. The monoisotopic (exact) mass is 311 g/mol. The summed E-state index contributed by atoms with van der Waals surface area (Å²) in [5, 5.41) is 7.10. The highest BCUT2D eigenvalue weighted by Gasteiger charge is 2.18. The van der Waals surface area contributed by atoms with Gasteiger partial charge in [-0.2, -0.15) is 0 Å². The van der Waals surface area contributed by atoms with Gasteiger partial charge in [0.2, 0.25) is 0 Å². The first-order valence-corrected chi connectivity index (χ1v) is 8.58. The zero-order chi connectivity index (χ0) is 15.9. The maximum atomic E-state index is 4.54. The summed E-state index contributed by atoms with van der Waals surface area (Å²) in [6.07, 6.45) is 10.9. The van der Waals surface area contributed by atoms with Crippen LogP contribution in [-0.2, 0) is 12.8 Å². The van der Waals surface area contributed by atoms with Crippen molar-refractivity contribution in [3.63, 3.8) is 0 Å². The number of fused-ring (bicyclic) bond motifs is 1. The van der Waals surface area contributed by atoms with E-state index in [1.54, 1.807) is 6.33 Å². The highest BCUT2D eigenvalue weighted by Crippen LogP contribution is 2.26. The Labute approximate surface area is 138 Å². The fourth-order valence-electron chi connectivity index (χ4n) is 3.07. The molecule has 0 fully saturated rings. The van der Waals surface area contributed by atoms with E-state index in [1.165, 1.54) is 29.7 Å². The van der Waals surface area contributed by atoms with Gasteiger partial charge in [-0.05, 0) is 31.0 Å². The first-order chi connectivity index (χ1) is 11.4. The minimum absolute atomic E-state index is 0.249. The molecular weight excluding hydrogens is 286 g/mol. The quantitative estimate of drug-likeness (QED) is 0.859. The molecule has 0 unspecified atom stereocenters. The maximum absolute atomic E-state index is 4.54. The molecule has 2 N–H and O–H groups in total. The predicted molar refractivity (Wildman–Crippen MR) is 92.4 cm³/mol. The summed E-state index contributed by atoms with van der Waals surface area (Å²) in [5.74, 6) is 0.989. The van der Waals surface area contributed by atoms with Crippen molar-refractivity contribution in [3.05, 3.63) is 47.7 Å². The van der Waals surface area contributed by atoms with E-state index in [-0.39, 0.29) is 6.04 Å².